The molecule has 3 aromatic rings. The van der Waals surface area contributed by atoms with Crippen molar-refractivity contribution in [2.24, 2.45) is 0 Å². The van der Waals surface area contributed by atoms with Crippen molar-refractivity contribution >= 4 is 6.09 Å². The molecule has 0 atom stereocenters. The summed E-state index contributed by atoms with van der Waals surface area (Å²) in [4.78, 5) is 26.6. The predicted molar refractivity (Wildman–Crippen MR) is 130 cm³/mol. The molecule has 7 heteroatoms. The highest BCUT2D eigenvalue weighted by Gasteiger charge is 2.19. The van der Waals surface area contributed by atoms with Crippen molar-refractivity contribution in [1.29, 1.82) is 0 Å². The van der Waals surface area contributed by atoms with Gasteiger partial charge < -0.3 is 9.64 Å². The van der Waals surface area contributed by atoms with Crippen LogP contribution in [0, 0.1) is 0 Å². The molecule has 0 aliphatic rings. The second-order valence-corrected chi connectivity index (χ2v) is 10.4. The molecule has 0 unspecified atom stereocenters. The standard InChI is InChI=1S/C26H34N4O3/c1-25(2,3)21-12-8-20(9-13-21)17-30-23(31)29(18-27-30)22-14-10-19(11-15-22)16-28(7)24(32)33-26(4,5)6/h8-15,18H,16-17H2,1-7H3. The Hall–Kier alpha value is -3.35. The summed E-state index contributed by atoms with van der Waals surface area (Å²) in [6, 6.07) is 15.8. The van der Waals surface area contributed by atoms with E-state index in [4.69, 9.17) is 4.74 Å². The first-order valence-electron chi connectivity index (χ1n) is 11.1. The third-order valence-electron chi connectivity index (χ3n) is 5.23. The lowest BCUT2D eigenvalue weighted by Crippen LogP contribution is -2.33. The Morgan fingerprint density at radius 1 is 0.939 bits per heavy atom. The highest BCUT2D eigenvalue weighted by Crippen LogP contribution is 2.22. The molecule has 7 nitrogen and oxygen atoms in total. The lowest BCUT2D eigenvalue weighted by Gasteiger charge is -2.24. The zero-order valence-electron chi connectivity index (χ0n) is 20.6. The van der Waals surface area contributed by atoms with E-state index in [9.17, 15) is 9.59 Å². The second-order valence-electron chi connectivity index (χ2n) is 10.4. The first-order chi connectivity index (χ1) is 15.3. The van der Waals surface area contributed by atoms with Crippen LogP contribution in [0.15, 0.2) is 59.7 Å². The monoisotopic (exact) mass is 450 g/mol. The van der Waals surface area contributed by atoms with Gasteiger partial charge in [0, 0.05) is 13.6 Å². The highest BCUT2D eigenvalue weighted by atomic mass is 16.6. The van der Waals surface area contributed by atoms with Gasteiger partial charge in [-0.05, 0) is 55.0 Å². The number of carbonyl (C=O) groups excluding carboxylic acids is 1. The molecule has 1 amide bonds. The van der Waals surface area contributed by atoms with Gasteiger partial charge in [0.1, 0.15) is 11.9 Å². The normalized spacial score (nSPS) is 12.0. The van der Waals surface area contributed by atoms with Gasteiger partial charge in [-0.2, -0.15) is 5.10 Å². The van der Waals surface area contributed by atoms with Crippen LogP contribution in [-0.2, 0) is 23.2 Å². The highest BCUT2D eigenvalue weighted by molar-refractivity contribution is 5.67. The number of amides is 1. The number of nitrogens with zero attached hydrogens (tertiary/aromatic N) is 4. The molecule has 0 aliphatic heterocycles. The largest absolute Gasteiger partial charge is 0.444 e. The van der Waals surface area contributed by atoms with Crippen LogP contribution in [0.25, 0.3) is 5.69 Å². The molecular weight excluding hydrogens is 416 g/mol. The van der Waals surface area contributed by atoms with Crippen LogP contribution in [-0.4, -0.2) is 38.0 Å². The number of carbonyl (C=O) groups is 1. The Bertz CT molecular complexity index is 1140. The summed E-state index contributed by atoms with van der Waals surface area (Å²) in [5, 5.41) is 4.28. The first-order valence-corrected chi connectivity index (χ1v) is 11.1. The van der Waals surface area contributed by atoms with Gasteiger partial charge in [-0.3, -0.25) is 0 Å². The van der Waals surface area contributed by atoms with Crippen LogP contribution in [0.2, 0.25) is 0 Å². The number of aromatic nitrogens is 3. The van der Waals surface area contributed by atoms with Crippen LogP contribution in [0.1, 0.15) is 58.2 Å². The molecule has 3 rings (SSSR count). The fraction of sp³-hybridized carbons (Fsp3) is 0.423. The Morgan fingerprint density at radius 2 is 1.52 bits per heavy atom. The van der Waals surface area contributed by atoms with Crippen molar-refractivity contribution in [3.05, 3.63) is 82.0 Å². The molecule has 0 aliphatic carbocycles. The van der Waals surface area contributed by atoms with Crippen molar-refractivity contribution < 1.29 is 9.53 Å². The molecule has 0 radical (unpaired) electrons. The molecule has 0 saturated heterocycles. The number of ether oxygens (including phenoxy) is 1. The molecule has 1 heterocycles. The molecule has 0 saturated carbocycles. The van der Waals surface area contributed by atoms with Gasteiger partial charge in [0.25, 0.3) is 0 Å². The lowest BCUT2D eigenvalue weighted by atomic mass is 9.87. The maximum Gasteiger partial charge on any atom is 0.410 e. The van der Waals surface area contributed by atoms with Crippen LogP contribution in [0.4, 0.5) is 4.79 Å². The van der Waals surface area contributed by atoms with Crippen molar-refractivity contribution in [1.82, 2.24) is 19.2 Å². The maximum absolute atomic E-state index is 12.9. The van der Waals surface area contributed by atoms with Gasteiger partial charge in [-0.25, -0.2) is 18.8 Å². The zero-order valence-corrected chi connectivity index (χ0v) is 20.6. The number of rotatable bonds is 5. The second kappa shape index (κ2) is 9.25. The van der Waals surface area contributed by atoms with Gasteiger partial charge >= 0.3 is 11.8 Å². The van der Waals surface area contributed by atoms with E-state index in [0.717, 1.165) is 16.8 Å². The molecule has 0 fully saturated rings. The smallest absolute Gasteiger partial charge is 0.410 e. The fourth-order valence-electron chi connectivity index (χ4n) is 3.35. The van der Waals surface area contributed by atoms with Gasteiger partial charge in [-0.15, -0.1) is 0 Å². The summed E-state index contributed by atoms with van der Waals surface area (Å²) >= 11 is 0. The quantitative estimate of drug-likeness (QED) is 0.563. The Balaban J connectivity index is 1.69. The lowest BCUT2D eigenvalue weighted by molar-refractivity contribution is 0.0285. The minimum atomic E-state index is -0.537. The minimum Gasteiger partial charge on any atom is -0.444 e. The average Bonchev–Trinajstić information content (AvgIpc) is 3.07. The van der Waals surface area contributed by atoms with Crippen LogP contribution < -0.4 is 5.69 Å². The Labute approximate surface area is 195 Å². The van der Waals surface area contributed by atoms with Gasteiger partial charge in [0.05, 0.1) is 12.2 Å². The van der Waals surface area contributed by atoms with E-state index in [1.54, 1.807) is 7.05 Å². The van der Waals surface area contributed by atoms with Gasteiger partial charge in [0.15, 0.2) is 0 Å². The molecule has 2 aromatic carbocycles. The third kappa shape index (κ3) is 6.34. The van der Waals surface area contributed by atoms with E-state index < -0.39 is 5.60 Å². The van der Waals surface area contributed by atoms with Crippen molar-refractivity contribution in [3.8, 4) is 5.69 Å². The van der Waals surface area contributed by atoms with Crippen LogP contribution in [0.5, 0.6) is 0 Å². The van der Waals surface area contributed by atoms with E-state index in [-0.39, 0.29) is 17.2 Å². The zero-order chi connectivity index (χ0) is 24.4. The van der Waals surface area contributed by atoms with Gasteiger partial charge in [-0.1, -0.05) is 57.2 Å². The minimum absolute atomic E-state index is 0.0881. The predicted octanol–water partition coefficient (Wildman–Crippen LogP) is 4.75. The van der Waals surface area contributed by atoms with Crippen molar-refractivity contribution in [2.75, 3.05) is 7.05 Å². The fourth-order valence-corrected chi connectivity index (χ4v) is 3.35. The summed E-state index contributed by atoms with van der Waals surface area (Å²) in [5.74, 6) is 0. The third-order valence-corrected chi connectivity index (χ3v) is 5.23. The topological polar surface area (TPSA) is 69.4 Å². The van der Waals surface area contributed by atoms with Crippen LogP contribution >= 0.6 is 0 Å². The Kier molecular flexibility index (Phi) is 6.81. The number of hydrogen-bond donors (Lipinski definition) is 0. The molecule has 0 spiro atoms. The molecular formula is C26H34N4O3. The summed E-state index contributed by atoms with van der Waals surface area (Å²) in [6.45, 7) is 12.9. The molecule has 0 N–H and O–H groups in total. The van der Waals surface area contributed by atoms with Crippen molar-refractivity contribution in [3.63, 3.8) is 0 Å². The van der Waals surface area contributed by atoms with Gasteiger partial charge in [0.2, 0.25) is 0 Å². The van der Waals surface area contributed by atoms with Crippen LogP contribution in [0.3, 0.4) is 0 Å². The number of hydrogen-bond acceptors (Lipinski definition) is 4. The van der Waals surface area contributed by atoms with E-state index in [1.165, 1.54) is 26.0 Å². The average molecular weight is 451 g/mol. The van der Waals surface area contributed by atoms with Crippen molar-refractivity contribution in [2.45, 2.75) is 65.6 Å². The van der Waals surface area contributed by atoms with E-state index in [2.05, 4.69) is 38.0 Å². The summed E-state index contributed by atoms with van der Waals surface area (Å²) in [7, 11) is 1.70. The number of benzene rings is 2. The van der Waals surface area contributed by atoms with E-state index in [1.807, 2.05) is 57.2 Å². The summed E-state index contributed by atoms with van der Waals surface area (Å²) < 4.78 is 8.36. The summed E-state index contributed by atoms with van der Waals surface area (Å²) in [5.41, 5.74) is 3.28. The molecule has 0 bridgehead atoms. The summed E-state index contributed by atoms with van der Waals surface area (Å²) in [6.07, 6.45) is 1.16. The van der Waals surface area contributed by atoms with E-state index in [0.29, 0.717) is 13.1 Å². The SMILES string of the molecule is CN(Cc1ccc(-n2cnn(Cc3ccc(C(C)(C)C)cc3)c2=O)cc1)C(=O)OC(C)(C)C. The Morgan fingerprint density at radius 3 is 2.06 bits per heavy atom. The molecule has 33 heavy (non-hydrogen) atoms. The first kappa shape index (κ1) is 24.3. The van der Waals surface area contributed by atoms with E-state index >= 15 is 0 Å². The molecule has 176 valence electrons. The molecule has 1 aromatic heterocycles. The maximum atomic E-state index is 12.9.